The first-order chi connectivity index (χ1) is 13.6. The van der Waals surface area contributed by atoms with E-state index in [1.165, 1.54) is 0 Å². The van der Waals surface area contributed by atoms with E-state index in [4.69, 9.17) is 4.74 Å². The van der Waals surface area contributed by atoms with Crippen LogP contribution in [0.2, 0.25) is 0 Å². The largest absolute Gasteiger partial charge is 0.497 e. The fraction of sp³-hybridized carbons (Fsp3) is 0.286. The summed E-state index contributed by atoms with van der Waals surface area (Å²) in [6, 6.07) is 15.9. The van der Waals surface area contributed by atoms with E-state index in [0.717, 1.165) is 12.8 Å². The van der Waals surface area contributed by atoms with Crippen LogP contribution in [0.3, 0.4) is 0 Å². The first-order valence-corrected chi connectivity index (χ1v) is 9.13. The highest BCUT2D eigenvalue weighted by molar-refractivity contribution is 5.98. The van der Waals surface area contributed by atoms with E-state index in [9.17, 15) is 14.4 Å². The number of methoxy groups -OCH3 is 1. The van der Waals surface area contributed by atoms with E-state index >= 15 is 0 Å². The van der Waals surface area contributed by atoms with E-state index in [-0.39, 0.29) is 36.9 Å². The average molecular weight is 381 g/mol. The molecule has 0 heterocycles. The summed E-state index contributed by atoms with van der Waals surface area (Å²) in [7, 11) is 1.57. The Kier molecular flexibility index (Phi) is 6.26. The first-order valence-electron chi connectivity index (χ1n) is 9.13. The minimum atomic E-state index is -0.360. The lowest BCUT2D eigenvalue weighted by atomic mass is 10.2. The van der Waals surface area contributed by atoms with Gasteiger partial charge in [-0.2, -0.15) is 0 Å². The van der Waals surface area contributed by atoms with Crippen LogP contribution in [-0.2, 0) is 9.59 Å². The van der Waals surface area contributed by atoms with Gasteiger partial charge in [0.1, 0.15) is 12.3 Å². The van der Waals surface area contributed by atoms with Crippen LogP contribution in [0.5, 0.6) is 5.75 Å². The van der Waals surface area contributed by atoms with Crippen LogP contribution in [0, 0.1) is 0 Å². The van der Waals surface area contributed by atoms with Crippen molar-refractivity contribution in [3.8, 4) is 5.75 Å². The Morgan fingerprint density at radius 3 is 2.29 bits per heavy atom. The number of carbonyl (C=O) groups excluding carboxylic acids is 3. The molecule has 0 aromatic heterocycles. The maximum absolute atomic E-state index is 12.6. The van der Waals surface area contributed by atoms with Crippen molar-refractivity contribution in [2.45, 2.75) is 18.9 Å². The molecule has 2 aromatic rings. The molecule has 0 atom stereocenters. The fourth-order valence-electron chi connectivity index (χ4n) is 2.77. The quantitative estimate of drug-likeness (QED) is 0.733. The van der Waals surface area contributed by atoms with E-state index in [1.807, 2.05) is 6.07 Å². The molecule has 2 aromatic carbocycles. The van der Waals surface area contributed by atoms with E-state index < -0.39 is 0 Å². The van der Waals surface area contributed by atoms with Crippen molar-refractivity contribution in [3.05, 3.63) is 60.2 Å². The van der Waals surface area contributed by atoms with Crippen LogP contribution >= 0.6 is 0 Å². The predicted octanol–water partition coefficient (Wildman–Crippen LogP) is 2.05. The lowest BCUT2D eigenvalue weighted by Crippen LogP contribution is -2.43. The van der Waals surface area contributed by atoms with Crippen LogP contribution in [0.4, 0.5) is 5.69 Å². The number of benzene rings is 2. The maximum Gasteiger partial charge on any atom is 0.254 e. The highest BCUT2D eigenvalue weighted by Crippen LogP contribution is 2.28. The minimum Gasteiger partial charge on any atom is -0.497 e. The van der Waals surface area contributed by atoms with Gasteiger partial charge in [-0.05, 0) is 49.2 Å². The van der Waals surface area contributed by atoms with Crippen molar-refractivity contribution < 1.29 is 19.1 Å². The second-order valence-corrected chi connectivity index (χ2v) is 6.58. The SMILES string of the molecule is COc1ccc(NC(=O)CNC(=O)CN(C(=O)c2ccccc2)C2CC2)cc1. The summed E-state index contributed by atoms with van der Waals surface area (Å²) in [6.45, 7) is -0.225. The molecule has 0 bridgehead atoms. The van der Waals surface area contributed by atoms with Crippen LogP contribution in [0.1, 0.15) is 23.2 Å². The normalized spacial score (nSPS) is 12.8. The maximum atomic E-state index is 12.6. The van der Waals surface area contributed by atoms with E-state index in [2.05, 4.69) is 10.6 Å². The van der Waals surface area contributed by atoms with Crippen molar-refractivity contribution in [2.24, 2.45) is 0 Å². The molecule has 2 N–H and O–H groups in total. The third-order valence-electron chi connectivity index (χ3n) is 4.40. The molecule has 146 valence electrons. The molecular formula is C21H23N3O4. The van der Waals surface area contributed by atoms with Crippen molar-refractivity contribution in [2.75, 3.05) is 25.5 Å². The molecule has 28 heavy (non-hydrogen) atoms. The molecular weight excluding hydrogens is 358 g/mol. The van der Waals surface area contributed by atoms with Gasteiger partial charge in [-0.15, -0.1) is 0 Å². The molecule has 3 rings (SSSR count). The lowest BCUT2D eigenvalue weighted by Gasteiger charge is -2.22. The van der Waals surface area contributed by atoms with Gasteiger partial charge >= 0.3 is 0 Å². The van der Waals surface area contributed by atoms with Crippen molar-refractivity contribution >= 4 is 23.4 Å². The van der Waals surface area contributed by atoms with Gasteiger partial charge in [-0.25, -0.2) is 0 Å². The topological polar surface area (TPSA) is 87.7 Å². The Morgan fingerprint density at radius 2 is 1.68 bits per heavy atom. The number of amides is 3. The number of hydrogen-bond acceptors (Lipinski definition) is 4. The number of anilines is 1. The highest BCUT2D eigenvalue weighted by atomic mass is 16.5. The van der Waals surface area contributed by atoms with Gasteiger partial charge in [0, 0.05) is 17.3 Å². The standard InChI is InChI=1S/C21H23N3O4/c1-28-18-11-7-16(8-12-18)23-19(25)13-22-20(26)14-24(17-9-10-17)21(27)15-5-3-2-4-6-15/h2-8,11-12,17H,9-10,13-14H2,1H3,(H,22,26)(H,23,25). The Hall–Kier alpha value is -3.35. The summed E-state index contributed by atoms with van der Waals surface area (Å²) in [6.07, 6.45) is 1.79. The Balaban J connectivity index is 1.49. The van der Waals surface area contributed by atoms with Gasteiger partial charge < -0.3 is 20.3 Å². The Bertz CT molecular complexity index is 832. The average Bonchev–Trinajstić information content (AvgIpc) is 3.56. The van der Waals surface area contributed by atoms with Crippen LogP contribution in [-0.4, -0.2) is 48.9 Å². The predicted molar refractivity (Wildman–Crippen MR) is 105 cm³/mol. The minimum absolute atomic E-state index is 0.0613. The van der Waals surface area contributed by atoms with Gasteiger partial charge in [-0.3, -0.25) is 14.4 Å². The number of rotatable bonds is 8. The summed E-state index contributed by atoms with van der Waals surface area (Å²) in [4.78, 5) is 38.5. The smallest absolute Gasteiger partial charge is 0.254 e. The summed E-state index contributed by atoms with van der Waals surface area (Å²) >= 11 is 0. The zero-order chi connectivity index (χ0) is 19.9. The highest BCUT2D eigenvalue weighted by Gasteiger charge is 2.34. The summed E-state index contributed by atoms with van der Waals surface area (Å²) < 4.78 is 5.06. The lowest BCUT2D eigenvalue weighted by molar-refractivity contribution is -0.124. The molecule has 7 heteroatoms. The first kappa shape index (κ1) is 19.4. The Morgan fingerprint density at radius 1 is 1.00 bits per heavy atom. The molecule has 0 unspecified atom stereocenters. The third kappa shape index (κ3) is 5.33. The number of nitrogens with one attached hydrogen (secondary N) is 2. The molecule has 0 aliphatic heterocycles. The molecule has 1 aliphatic carbocycles. The molecule has 1 fully saturated rings. The van der Waals surface area contributed by atoms with Crippen LogP contribution < -0.4 is 15.4 Å². The summed E-state index contributed by atoms with van der Waals surface area (Å²) in [5.41, 5.74) is 1.17. The van der Waals surface area contributed by atoms with Gasteiger partial charge in [0.05, 0.1) is 13.7 Å². The van der Waals surface area contributed by atoms with Crippen LogP contribution in [0.15, 0.2) is 54.6 Å². The zero-order valence-corrected chi connectivity index (χ0v) is 15.7. The molecule has 0 saturated heterocycles. The second-order valence-electron chi connectivity index (χ2n) is 6.58. The molecule has 1 aliphatic rings. The van der Waals surface area contributed by atoms with Gasteiger partial charge in [0.2, 0.25) is 11.8 Å². The number of ether oxygens (including phenoxy) is 1. The molecule has 1 saturated carbocycles. The van der Waals surface area contributed by atoms with Gasteiger partial charge in [-0.1, -0.05) is 18.2 Å². The number of hydrogen-bond donors (Lipinski definition) is 2. The summed E-state index contributed by atoms with van der Waals surface area (Å²) in [5, 5.41) is 5.27. The molecule has 3 amide bonds. The number of nitrogens with zero attached hydrogens (tertiary/aromatic N) is 1. The van der Waals surface area contributed by atoms with Crippen molar-refractivity contribution in [1.82, 2.24) is 10.2 Å². The molecule has 0 radical (unpaired) electrons. The van der Waals surface area contributed by atoms with E-state index in [1.54, 1.807) is 60.5 Å². The number of carbonyl (C=O) groups is 3. The van der Waals surface area contributed by atoms with Gasteiger partial charge in [0.15, 0.2) is 0 Å². The second kappa shape index (κ2) is 9.03. The van der Waals surface area contributed by atoms with E-state index in [0.29, 0.717) is 17.0 Å². The third-order valence-corrected chi connectivity index (χ3v) is 4.40. The van der Waals surface area contributed by atoms with Crippen molar-refractivity contribution in [3.63, 3.8) is 0 Å². The molecule has 0 spiro atoms. The zero-order valence-electron chi connectivity index (χ0n) is 15.7. The molecule has 7 nitrogen and oxygen atoms in total. The monoisotopic (exact) mass is 381 g/mol. The summed E-state index contributed by atoms with van der Waals surface area (Å²) in [5.74, 6) is -0.178. The van der Waals surface area contributed by atoms with Gasteiger partial charge in [0.25, 0.3) is 5.91 Å². The van der Waals surface area contributed by atoms with Crippen LogP contribution in [0.25, 0.3) is 0 Å². The fourth-order valence-corrected chi connectivity index (χ4v) is 2.77. The Labute approximate surface area is 163 Å². The van der Waals surface area contributed by atoms with Crippen molar-refractivity contribution in [1.29, 1.82) is 0 Å².